The molecule has 0 unspecified atom stereocenters. The minimum Gasteiger partial charge on any atom is -0.379 e. The maximum absolute atomic E-state index is 11.0. The van der Waals surface area contributed by atoms with Crippen LogP contribution in [0.4, 0.5) is 0 Å². The second-order valence-electron chi connectivity index (χ2n) is 4.24. The normalized spacial score (nSPS) is 16.9. The van der Waals surface area contributed by atoms with Gasteiger partial charge in [-0.2, -0.15) is 4.98 Å². The van der Waals surface area contributed by atoms with E-state index in [0.717, 1.165) is 26.3 Å². The van der Waals surface area contributed by atoms with Crippen LogP contribution in [0.3, 0.4) is 0 Å². The summed E-state index contributed by atoms with van der Waals surface area (Å²) < 4.78 is 1.21. The highest BCUT2D eigenvalue weighted by molar-refractivity contribution is 6.67. The Bertz CT molecular complexity index is 500. The van der Waals surface area contributed by atoms with Gasteiger partial charge in [0.25, 0.3) is 0 Å². The van der Waals surface area contributed by atoms with Crippen molar-refractivity contribution in [1.82, 2.24) is 19.9 Å². The van der Waals surface area contributed by atoms with Gasteiger partial charge in [0.15, 0.2) is 11.6 Å². The van der Waals surface area contributed by atoms with Crippen LogP contribution in [0.5, 0.6) is 0 Å². The molecule has 0 radical (unpaired) electrons. The quantitative estimate of drug-likeness (QED) is 0.638. The van der Waals surface area contributed by atoms with E-state index in [1.807, 2.05) is 0 Å². The molecule has 1 fully saturated rings. The van der Waals surface area contributed by atoms with E-state index in [9.17, 15) is 4.79 Å². The Hall–Kier alpha value is 0.470. The Balaban J connectivity index is 0.000000287. The minimum atomic E-state index is -1.96. The molecule has 1 aliphatic rings. The zero-order valence-electron chi connectivity index (χ0n) is 11.3. The number of likely N-dealkylation sites (N-methyl/N-ethyl adjacent to an activating group) is 1. The van der Waals surface area contributed by atoms with E-state index in [1.54, 1.807) is 0 Å². The highest BCUT2D eigenvalue weighted by Crippen LogP contribution is 2.38. The number of aromatic amines is 1. The number of ether oxygens (including phenoxy) is 1. The zero-order valence-corrected chi connectivity index (χ0v) is 15.8. The smallest absolute Gasteiger partial charge is 0.348 e. The topological polar surface area (TPSA) is 71.1 Å². The predicted octanol–water partition coefficient (Wildman–Crippen LogP) is 2.77. The number of hydrogen-bond donors (Lipinski definition) is 1. The molecule has 12 heteroatoms. The molecule has 0 amide bonds. The summed E-state index contributed by atoms with van der Waals surface area (Å²) in [6.45, 7) is 4.02. The molecular formula is C10H12Cl6N4O2. The van der Waals surface area contributed by atoms with E-state index in [-0.39, 0.29) is 11.6 Å². The molecule has 0 aromatic carbocycles. The number of H-pyrrole nitrogens is 1. The molecule has 1 aromatic rings. The predicted molar refractivity (Wildman–Crippen MR) is 89.4 cm³/mol. The number of aromatic nitrogens is 3. The second-order valence-corrected chi connectivity index (χ2v) is 8.80. The molecule has 126 valence electrons. The monoisotopic (exact) mass is 430 g/mol. The van der Waals surface area contributed by atoms with Crippen molar-refractivity contribution in [2.45, 2.75) is 7.59 Å². The number of rotatable bonds is 0. The van der Waals surface area contributed by atoms with Crippen molar-refractivity contribution in [2.24, 2.45) is 0 Å². The highest BCUT2D eigenvalue weighted by atomic mass is 35.6. The molecule has 0 spiro atoms. The van der Waals surface area contributed by atoms with Crippen LogP contribution in [0.1, 0.15) is 11.6 Å². The summed E-state index contributed by atoms with van der Waals surface area (Å²) in [5.41, 5.74) is -0.826. The van der Waals surface area contributed by atoms with Gasteiger partial charge in [-0.1, -0.05) is 69.6 Å². The first-order valence-electron chi connectivity index (χ1n) is 5.89. The van der Waals surface area contributed by atoms with Gasteiger partial charge in [-0.15, -0.1) is 0 Å². The minimum absolute atomic E-state index is 0.270. The van der Waals surface area contributed by atoms with E-state index >= 15 is 0 Å². The largest absolute Gasteiger partial charge is 0.379 e. The van der Waals surface area contributed by atoms with Crippen molar-refractivity contribution >= 4 is 69.6 Å². The van der Waals surface area contributed by atoms with Gasteiger partial charge in [0.2, 0.25) is 7.59 Å². The molecule has 2 heterocycles. The van der Waals surface area contributed by atoms with Crippen LogP contribution in [0.15, 0.2) is 4.79 Å². The van der Waals surface area contributed by atoms with Crippen LogP contribution in [-0.4, -0.2) is 53.2 Å². The van der Waals surface area contributed by atoms with E-state index in [0.29, 0.717) is 0 Å². The Kier molecular flexibility index (Phi) is 7.96. The lowest BCUT2D eigenvalue weighted by molar-refractivity contribution is 0.0503. The SMILES string of the molecule is CN1CCOCC1.O=c1nc(C(Cl)(Cl)Cl)nc(C(Cl)(Cl)Cl)[nH]1. The Morgan fingerprint density at radius 1 is 1.05 bits per heavy atom. The van der Waals surface area contributed by atoms with Crippen molar-refractivity contribution in [2.75, 3.05) is 33.4 Å². The van der Waals surface area contributed by atoms with Crippen LogP contribution in [-0.2, 0) is 12.3 Å². The van der Waals surface area contributed by atoms with Crippen LogP contribution in [0.2, 0.25) is 0 Å². The summed E-state index contributed by atoms with van der Waals surface area (Å²) in [7, 11) is 2.11. The lowest BCUT2D eigenvalue weighted by atomic mass is 10.5. The molecule has 0 atom stereocenters. The van der Waals surface area contributed by atoms with Crippen molar-refractivity contribution in [3.8, 4) is 0 Å². The van der Waals surface area contributed by atoms with Crippen LogP contribution in [0, 0.1) is 0 Å². The molecule has 1 aliphatic heterocycles. The molecule has 2 rings (SSSR count). The van der Waals surface area contributed by atoms with Crippen molar-refractivity contribution in [3.63, 3.8) is 0 Å². The summed E-state index contributed by atoms with van der Waals surface area (Å²) in [6, 6.07) is 0. The molecule has 1 saturated heterocycles. The number of alkyl halides is 6. The molecule has 22 heavy (non-hydrogen) atoms. The lowest BCUT2D eigenvalue weighted by Crippen LogP contribution is -2.32. The first kappa shape index (κ1) is 20.5. The van der Waals surface area contributed by atoms with Gasteiger partial charge in [0.1, 0.15) is 0 Å². The summed E-state index contributed by atoms with van der Waals surface area (Å²) in [5, 5.41) is 0. The first-order chi connectivity index (χ1) is 10.00. The van der Waals surface area contributed by atoms with Gasteiger partial charge < -0.3 is 9.64 Å². The summed E-state index contributed by atoms with van der Waals surface area (Å²) >= 11 is 32.9. The number of nitrogens with zero attached hydrogens (tertiary/aromatic N) is 3. The van der Waals surface area contributed by atoms with E-state index in [4.69, 9.17) is 74.3 Å². The Morgan fingerprint density at radius 2 is 1.59 bits per heavy atom. The number of halogens is 6. The fraction of sp³-hybridized carbons (Fsp3) is 0.700. The Morgan fingerprint density at radius 3 is 1.95 bits per heavy atom. The molecule has 1 N–H and O–H groups in total. The Labute approximate surface area is 156 Å². The van der Waals surface area contributed by atoms with Gasteiger partial charge in [0, 0.05) is 13.1 Å². The molecule has 1 aromatic heterocycles. The number of hydrogen-bond acceptors (Lipinski definition) is 5. The van der Waals surface area contributed by atoms with Gasteiger partial charge in [0.05, 0.1) is 13.2 Å². The van der Waals surface area contributed by atoms with Gasteiger partial charge in [-0.05, 0) is 7.05 Å². The molecule has 0 bridgehead atoms. The third-order valence-electron chi connectivity index (χ3n) is 2.41. The molecule has 6 nitrogen and oxygen atoms in total. The highest BCUT2D eigenvalue weighted by Gasteiger charge is 2.32. The average Bonchev–Trinajstić information content (AvgIpc) is 2.37. The third-order valence-corrected chi connectivity index (χ3v) is 3.45. The van der Waals surface area contributed by atoms with Crippen LogP contribution >= 0.6 is 69.6 Å². The standard InChI is InChI=1S/C5HCl6N3O.C5H11NO/c6-4(7,8)1-12-2(5(9,10)11)14-3(15)13-1;1-6-2-4-7-5-3-6/h(H,12,13,14,15);2-5H2,1H3. The third kappa shape index (κ3) is 7.36. The molecular weight excluding hydrogens is 421 g/mol. The summed E-state index contributed by atoms with van der Waals surface area (Å²) in [4.78, 5) is 22.4. The molecule has 0 aliphatic carbocycles. The van der Waals surface area contributed by atoms with Crippen LogP contribution < -0.4 is 5.69 Å². The van der Waals surface area contributed by atoms with Crippen LogP contribution in [0.25, 0.3) is 0 Å². The average molecular weight is 433 g/mol. The lowest BCUT2D eigenvalue weighted by Gasteiger charge is -2.21. The fourth-order valence-corrected chi connectivity index (χ4v) is 1.82. The van der Waals surface area contributed by atoms with Crippen molar-refractivity contribution in [3.05, 3.63) is 22.1 Å². The van der Waals surface area contributed by atoms with Crippen molar-refractivity contribution < 1.29 is 4.74 Å². The summed E-state index contributed by atoms with van der Waals surface area (Å²) in [5.74, 6) is -0.633. The van der Waals surface area contributed by atoms with Crippen molar-refractivity contribution in [1.29, 1.82) is 0 Å². The maximum Gasteiger partial charge on any atom is 0.348 e. The summed E-state index contributed by atoms with van der Waals surface area (Å²) in [6.07, 6.45) is 0. The maximum atomic E-state index is 11.0. The van der Waals surface area contributed by atoms with Gasteiger partial charge in [-0.3, -0.25) is 4.98 Å². The fourth-order valence-electron chi connectivity index (χ4n) is 1.30. The van der Waals surface area contributed by atoms with E-state index in [2.05, 4.69) is 26.9 Å². The zero-order chi connectivity index (χ0) is 17.0. The molecule has 0 saturated carbocycles. The second kappa shape index (κ2) is 8.53. The van der Waals surface area contributed by atoms with Gasteiger partial charge in [-0.25, -0.2) is 9.78 Å². The van der Waals surface area contributed by atoms with E-state index in [1.165, 1.54) is 0 Å². The van der Waals surface area contributed by atoms with E-state index < -0.39 is 13.3 Å². The number of morpholine rings is 1. The number of nitrogens with one attached hydrogen (secondary N) is 1. The first-order valence-corrected chi connectivity index (χ1v) is 8.16. The van der Waals surface area contributed by atoms with Gasteiger partial charge >= 0.3 is 5.69 Å².